The van der Waals surface area contributed by atoms with Crippen molar-refractivity contribution in [1.29, 1.82) is 0 Å². The fourth-order valence-corrected chi connectivity index (χ4v) is 1.54. The highest BCUT2D eigenvalue weighted by molar-refractivity contribution is 6.32. The largest absolute Gasteiger partial charge is 0.381 e. The van der Waals surface area contributed by atoms with Gasteiger partial charge in [-0.1, -0.05) is 24.9 Å². The minimum atomic E-state index is -0.258. The van der Waals surface area contributed by atoms with Crippen molar-refractivity contribution >= 4 is 17.3 Å². The van der Waals surface area contributed by atoms with Crippen LogP contribution in [-0.4, -0.2) is 16.3 Å². The molecule has 0 radical (unpaired) electrons. The second kappa shape index (κ2) is 6.97. The number of anilines is 1. The summed E-state index contributed by atoms with van der Waals surface area (Å²) >= 11 is 5.97. The fourth-order valence-electron chi connectivity index (χ4n) is 1.32. The Bertz CT molecular complexity index is 462. The molecule has 1 aromatic heterocycles. The lowest BCUT2D eigenvalue weighted by atomic mass is 10.3. The van der Waals surface area contributed by atoms with Crippen molar-refractivity contribution in [2.75, 3.05) is 11.9 Å². The van der Waals surface area contributed by atoms with E-state index in [0.717, 1.165) is 12.8 Å². The number of hydrogen-bond donors (Lipinski definition) is 1. The average Bonchev–Trinajstić information content (AvgIpc) is 2.34. The number of unbranched alkanes of at least 4 members (excludes halogenated alkanes) is 1. The molecule has 0 bridgehead atoms. The molecule has 0 saturated carbocycles. The number of terminal acetylenes is 1. The Morgan fingerprint density at radius 1 is 1.65 bits per heavy atom. The lowest BCUT2D eigenvalue weighted by molar-refractivity contribution is 0.543. The molecular weight excluding hydrogens is 238 g/mol. The van der Waals surface area contributed by atoms with Crippen LogP contribution in [0.25, 0.3) is 0 Å². The molecule has 5 heteroatoms. The van der Waals surface area contributed by atoms with Crippen molar-refractivity contribution < 1.29 is 0 Å². The van der Waals surface area contributed by atoms with Gasteiger partial charge in [-0.3, -0.25) is 4.79 Å². The summed E-state index contributed by atoms with van der Waals surface area (Å²) in [6.45, 7) is 3.23. The molecule has 0 spiro atoms. The first kappa shape index (κ1) is 13.6. The predicted molar refractivity (Wildman–Crippen MR) is 70.4 cm³/mol. The maximum atomic E-state index is 11.8. The molecule has 0 unspecified atom stereocenters. The van der Waals surface area contributed by atoms with E-state index in [2.05, 4.69) is 23.3 Å². The molecule has 0 aromatic carbocycles. The van der Waals surface area contributed by atoms with Crippen LogP contribution < -0.4 is 10.9 Å². The number of nitrogens with zero attached hydrogens (tertiary/aromatic N) is 2. The smallest absolute Gasteiger partial charge is 0.287 e. The van der Waals surface area contributed by atoms with Gasteiger partial charge in [0.15, 0.2) is 0 Å². The molecule has 0 atom stereocenters. The molecule has 0 aliphatic carbocycles. The third-order valence-electron chi connectivity index (χ3n) is 2.29. The van der Waals surface area contributed by atoms with E-state index in [9.17, 15) is 4.79 Å². The summed E-state index contributed by atoms with van der Waals surface area (Å²) in [5, 5.41) is 7.22. The zero-order valence-corrected chi connectivity index (χ0v) is 10.6. The molecule has 0 aliphatic rings. The fraction of sp³-hybridized carbons (Fsp3) is 0.500. The summed E-state index contributed by atoms with van der Waals surface area (Å²) in [4.78, 5) is 11.8. The molecule has 0 aliphatic heterocycles. The summed E-state index contributed by atoms with van der Waals surface area (Å²) < 4.78 is 1.39. The molecule has 1 rings (SSSR count). The van der Waals surface area contributed by atoms with Crippen molar-refractivity contribution in [3.63, 3.8) is 0 Å². The van der Waals surface area contributed by atoms with E-state index in [1.54, 1.807) is 6.20 Å². The van der Waals surface area contributed by atoms with E-state index in [-0.39, 0.29) is 10.6 Å². The van der Waals surface area contributed by atoms with Gasteiger partial charge in [-0.05, 0) is 6.42 Å². The topological polar surface area (TPSA) is 46.9 Å². The first-order valence-corrected chi connectivity index (χ1v) is 6.01. The first-order valence-electron chi connectivity index (χ1n) is 5.63. The van der Waals surface area contributed by atoms with Crippen molar-refractivity contribution in [2.24, 2.45) is 0 Å². The standard InChI is InChI=1S/C12H16ClN3O/c1-3-5-7-14-10-9-15-16(8-6-4-2)12(17)11(10)13/h1,9,14H,4-8H2,2H3. The van der Waals surface area contributed by atoms with E-state index in [4.69, 9.17) is 18.0 Å². The van der Waals surface area contributed by atoms with E-state index in [1.165, 1.54) is 4.68 Å². The van der Waals surface area contributed by atoms with E-state index in [1.807, 2.05) is 0 Å². The summed E-state index contributed by atoms with van der Waals surface area (Å²) in [6.07, 6.45) is 9.20. The van der Waals surface area contributed by atoms with E-state index in [0.29, 0.717) is 25.2 Å². The van der Waals surface area contributed by atoms with Crippen molar-refractivity contribution in [3.05, 3.63) is 21.6 Å². The molecule has 1 aromatic rings. The van der Waals surface area contributed by atoms with Crippen LogP contribution in [0.2, 0.25) is 5.02 Å². The Labute approximate surface area is 106 Å². The van der Waals surface area contributed by atoms with Gasteiger partial charge in [0.05, 0.1) is 11.9 Å². The van der Waals surface area contributed by atoms with Gasteiger partial charge in [-0.2, -0.15) is 5.10 Å². The van der Waals surface area contributed by atoms with Gasteiger partial charge in [0, 0.05) is 19.5 Å². The van der Waals surface area contributed by atoms with E-state index >= 15 is 0 Å². The Morgan fingerprint density at radius 2 is 2.41 bits per heavy atom. The maximum absolute atomic E-state index is 11.8. The summed E-state index contributed by atoms with van der Waals surface area (Å²) in [6, 6.07) is 0. The number of hydrogen-bond acceptors (Lipinski definition) is 3. The molecule has 92 valence electrons. The Hall–Kier alpha value is -1.47. The predicted octanol–water partition coefficient (Wildman–Crippen LogP) is 2.13. The Kier molecular flexibility index (Phi) is 5.58. The molecule has 0 amide bonds. The number of aromatic nitrogens is 2. The van der Waals surface area contributed by atoms with Gasteiger partial charge < -0.3 is 5.32 Å². The number of halogens is 1. The number of nitrogens with one attached hydrogen (secondary N) is 1. The molecule has 4 nitrogen and oxygen atoms in total. The zero-order chi connectivity index (χ0) is 12.7. The van der Waals surface area contributed by atoms with Crippen LogP contribution in [0.3, 0.4) is 0 Å². The molecule has 1 N–H and O–H groups in total. The Balaban J connectivity index is 2.80. The van der Waals surface area contributed by atoms with Crippen LogP contribution in [0.1, 0.15) is 26.2 Å². The third kappa shape index (κ3) is 3.79. The summed E-state index contributed by atoms with van der Waals surface area (Å²) in [5.41, 5.74) is 0.283. The molecule has 17 heavy (non-hydrogen) atoms. The maximum Gasteiger partial charge on any atom is 0.287 e. The van der Waals surface area contributed by atoms with Crippen LogP contribution in [0.4, 0.5) is 5.69 Å². The van der Waals surface area contributed by atoms with Gasteiger partial charge in [0.2, 0.25) is 0 Å². The van der Waals surface area contributed by atoms with Crippen LogP contribution in [0, 0.1) is 12.3 Å². The molecule has 0 fully saturated rings. The molecule has 0 saturated heterocycles. The number of rotatable bonds is 6. The number of aryl methyl sites for hydroxylation is 1. The SMILES string of the molecule is C#CCCNc1cnn(CCCC)c(=O)c1Cl. The van der Waals surface area contributed by atoms with Gasteiger partial charge in [-0.15, -0.1) is 12.3 Å². The summed E-state index contributed by atoms with van der Waals surface area (Å²) in [5.74, 6) is 2.50. The van der Waals surface area contributed by atoms with Gasteiger partial charge in [-0.25, -0.2) is 4.68 Å². The third-order valence-corrected chi connectivity index (χ3v) is 2.66. The molecular formula is C12H16ClN3O. The molecule has 1 heterocycles. The lowest BCUT2D eigenvalue weighted by Gasteiger charge is -2.08. The van der Waals surface area contributed by atoms with Gasteiger partial charge in [0.1, 0.15) is 5.02 Å². The minimum absolute atomic E-state index is 0.174. The van der Waals surface area contributed by atoms with E-state index < -0.39 is 0 Å². The van der Waals surface area contributed by atoms with Gasteiger partial charge >= 0.3 is 0 Å². The quantitative estimate of drug-likeness (QED) is 0.624. The monoisotopic (exact) mass is 253 g/mol. The summed E-state index contributed by atoms with van der Waals surface area (Å²) in [7, 11) is 0. The van der Waals surface area contributed by atoms with Gasteiger partial charge in [0.25, 0.3) is 5.56 Å². The second-order valence-corrected chi connectivity index (χ2v) is 4.01. The van der Waals surface area contributed by atoms with Crippen molar-refractivity contribution in [1.82, 2.24) is 9.78 Å². The van der Waals surface area contributed by atoms with Crippen LogP contribution >= 0.6 is 11.6 Å². The first-order chi connectivity index (χ1) is 8.20. The highest BCUT2D eigenvalue weighted by Gasteiger charge is 2.08. The van der Waals surface area contributed by atoms with Crippen molar-refractivity contribution in [2.45, 2.75) is 32.7 Å². The lowest BCUT2D eigenvalue weighted by Crippen LogP contribution is -2.24. The van der Waals surface area contributed by atoms with Crippen molar-refractivity contribution in [3.8, 4) is 12.3 Å². The minimum Gasteiger partial charge on any atom is -0.381 e. The highest BCUT2D eigenvalue weighted by Crippen LogP contribution is 2.14. The second-order valence-electron chi connectivity index (χ2n) is 3.63. The van der Waals surface area contributed by atoms with Crippen LogP contribution in [0.5, 0.6) is 0 Å². The zero-order valence-electron chi connectivity index (χ0n) is 9.87. The Morgan fingerprint density at radius 3 is 3.06 bits per heavy atom. The average molecular weight is 254 g/mol. The highest BCUT2D eigenvalue weighted by atomic mass is 35.5. The van der Waals surface area contributed by atoms with Crippen LogP contribution in [-0.2, 0) is 6.54 Å². The van der Waals surface area contributed by atoms with Crippen LogP contribution in [0.15, 0.2) is 11.0 Å². The normalized spacial score (nSPS) is 9.94.